The van der Waals surface area contributed by atoms with Crippen LogP contribution in [-0.4, -0.2) is 58.8 Å². The second-order valence-corrected chi connectivity index (χ2v) is 8.91. The molecule has 0 unspecified atom stereocenters. The van der Waals surface area contributed by atoms with Crippen molar-refractivity contribution in [2.75, 3.05) is 38.1 Å². The summed E-state index contributed by atoms with van der Waals surface area (Å²) in [6.45, 7) is 2.33. The molecule has 3 N–H and O–H groups in total. The molecule has 198 valence electrons. The fourth-order valence-corrected chi connectivity index (χ4v) is 4.30. The number of hydrogen-bond donors (Lipinski definition) is 3. The van der Waals surface area contributed by atoms with Crippen molar-refractivity contribution < 1.29 is 27.1 Å². The molecule has 38 heavy (non-hydrogen) atoms. The van der Waals surface area contributed by atoms with Gasteiger partial charge in [0.15, 0.2) is 23.8 Å². The Morgan fingerprint density at radius 2 is 1.87 bits per heavy atom. The maximum absolute atomic E-state index is 14.7. The maximum atomic E-state index is 14.7. The fourth-order valence-electron chi connectivity index (χ4n) is 4.30. The number of pyridine rings is 1. The van der Waals surface area contributed by atoms with Gasteiger partial charge < -0.3 is 15.4 Å². The van der Waals surface area contributed by atoms with Crippen LogP contribution in [0.5, 0.6) is 5.75 Å². The average Bonchev–Trinajstić information content (AvgIpc) is 3.37. The lowest BCUT2D eigenvalue weighted by molar-refractivity contribution is -0.138. The molecule has 12 heteroatoms. The van der Waals surface area contributed by atoms with Gasteiger partial charge in [0.05, 0.1) is 11.8 Å². The van der Waals surface area contributed by atoms with Crippen LogP contribution in [0.2, 0.25) is 0 Å². The molecule has 0 radical (unpaired) electrons. The highest BCUT2D eigenvalue weighted by molar-refractivity contribution is 5.92. The van der Waals surface area contributed by atoms with E-state index in [1.165, 1.54) is 24.3 Å². The number of nitrogens with one attached hydrogen (secondary N) is 3. The summed E-state index contributed by atoms with van der Waals surface area (Å²) < 4.78 is 61.1. The van der Waals surface area contributed by atoms with Crippen LogP contribution < -0.4 is 15.4 Å². The number of amides is 1. The number of benzene rings is 2. The zero-order chi connectivity index (χ0) is 26.7. The summed E-state index contributed by atoms with van der Waals surface area (Å²) in [5.41, 5.74) is 1.14. The van der Waals surface area contributed by atoms with Crippen LogP contribution in [0.15, 0.2) is 54.9 Å². The minimum absolute atomic E-state index is 0.0204. The Morgan fingerprint density at radius 1 is 1.05 bits per heavy atom. The Bertz CT molecular complexity index is 1450. The number of aromatic nitrogens is 3. The van der Waals surface area contributed by atoms with Gasteiger partial charge in [0.1, 0.15) is 0 Å². The van der Waals surface area contributed by atoms with Crippen LogP contribution in [0.1, 0.15) is 11.1 Å². The highest BCUT2D eigenvalue weighted by atomic mass is 19.4. The first kappa shape index (κ1) is 25.6. The van der Waals surface area contributed by atoms with Gasteiger partial charge in [-0.1, -0.05) is 12.1 Å². The fraction of sp³-hybridized carbons (Fsp3) is 0.269. The lowest BCUT2D eigenvalue weighted by atomic mass is 10.0. The Hall–Kier alpha value is -4.03. The molecule has 4 aromatic rings. The highest BCUT2D eigenvalue weighted by Crippen LogP contribution is 2.34. The van der Waals surface area contributed by atoms with E-state index in [1.54, 1.807) is 24.5 Å². The first-order valence-corrected chi connectivity index (χ1v) is 11.9. The third-order valence-electron chi connectivity index (χ3n) is 6.22. The topological polar surface area (TPSA) is 95.2 Å². The molecule has 1 fully saturated rings. The number of aromatic amines is 1. The predicted molar refractivity (Wildman–Crippen MR) is 133 cm³/mol. The van der Waals surface area contributed by atoms with Crippen LogP contribution in [0, 0.1) is 5.82 Å². The standard InChI is InChI=1S/C26H24F4N6O2/c27-22-10-16(18-9-19-13-33-35-25(19)32-12-18)2-4-23(22)38-15-24(37)34-20-3-1-17(21(11-20)26(28,29)30)14-36-7-5-31-6-8-36/h1-4,9-13,31H,5-8,14-15H2,(H,34,37)(H,32,33,35). The SMILES string of the molecule is O=C(COc1ccc(-c2cnc3[nH]ncc3c2)cc1F)Nc1ccc(CN2CCNCC2)c(C(F)(F)F)c1. The predicted octanol–water partition coefficient (Wildman–Crippen LogP) is 4.21. The van der Waals surface area contributed by atoms with E-state index in [0.29, 0.717) is 29.9 Å². The van der Waals surface area contributed by atoms with Crippen molar-refractivity contribution in [2.45, 2.75) is 12.7 Å². The van der Waals surface area contributed by atoms with E-state index in [1.807, 2.05) is 4.90 Å². The normalized spacial score (nSPS) is 14.5. The van der Waals surface area contributed by atoms with Crippen molar-refractivity contribution in [1.29, 1.82) is 0 Å². The number of rotatable bonds is 7. The van der Waals surface area contributed by atoms with Gasteiger partial charge in [0, 0.05) is 55.6 Å². The van der Waals surface area contributed by atoms with E-state index < -0.39 is 30.1 Å². The summed E-state index contributed by atoms with van der Waals surface area (Å²) in [5.74, 6) is -1.58. The number of ether oxygens (including phenoxy) is 1. The molecule has 8 nitrogen and oxygen atoms in total. The molecule has 0 aliphatic carbocycles. The van der Waals surface area contributed by atoms with E-state index in [2.05, 4.69) is 25.8 Å². The number of carbonyl (C=O) groups is 1. The molecule has 1 aliphatic rings. The quantitative estimate of drug-likeness (QED) is 0.311. The second kappa shape index (κ2) is 10.8. The van der Waals surface area contributed by atoms with Crippen LogP contribution in [0.4, 0.5) is 23.2 Å². The highest BCUT2D eigenvalue weighted by Gasteiger charge is 2.34. The van der Waals surface area contributed by atoms with Crippen LogP contribution in [0.25, 0.3) is 22.2 Å². The van der Waals surface area contributed by atoms with Gasteiger partial charge in [-0.3, -0.25) is 14.8 Å². The first-order valence-electron chi connectivity index (χ1n) is 11.9. The number of H-pyrrole nitrogens is 1. The van der Waals surface area contributed by atoms with Crippen molar-refractivity contribution in [3.63, 3.8) is 0 Å². The van der Waals surface area contributed by atoms with Gasteiger partial charge in [-0.2, -0.15) is 18.3 Å². The number of piperazine rings is 1. The summed E-state index contributed by atoms with van der Waals surface area (Å²) in [4.78, 5) is 18.5. The molecule has 0 saturated carbocycles. The number of nitrogens with zero attached hydrogens (tertiary/aromatic N) is 3. The number of alkyl halides is 3. The molecular weight excluding hydrogens is 504 g/mol. The zero-order valence-corrected chi connectivity index (χ0v) is 20.1. The van der Waals surface area contributed by atoms with Crippen LogP contribution in [-0.2, 0) is 17.5 Å². The van der Waals surface area contributed by atoms with Crippen molar-refractivity contribution in [3.8, 4) is 16.9 Å². The third kappa shape index (κ3) is 5.92. The second-order valence-electron chi connectivity index (χ2n) is 8.91. The molecular formula is C26H24F4N6O2. The summed E-state index contributed by atoms with van der Waals surface area (Å²) in [6.07, 6.45) is -1.40. The van der Waals surface area contributed by atoms with Crippen LogP contribution in [0.3, 0.4) is 0 Å². The zero-order valence-electron chi connectivity index (χ0n) is 20.1. The number of anilines is 1. The van der Waals surface area contributed by atoms with Gasteiger partial charge in [-0.05, 0) is 41.5 Å². The van der Waals surface area contributed by atoms with Crippen molar-refractivity contribution in [3.05, 3.63) is 71.8 Å². The molecule has 2 aromatic heterocycles. The smallest absolute Gasteiger partial charge is 0.416 e. The molecule has 0 atom stereocenters. The summed E-state index contributed by atoms with van der Waals surface area (Å²) >= 11 is 0. The van der Waals surface area contributed by atoms with Crippen molar-refractivity contribution in [2.24, 2.45) is 0 Å². The lowest BCUT2D eigenvalue weighted by Gasteiger charge is -2.28. The first-order chi connectivity index (χ1) is 18.3. The summed E-state index contributed by atoms with van der Waals surface area (Å²) in [7, 11) is 0. The van der Waals surface area contributed by atoms with Gasteiger partial charge in [0.25, 0.3) is 5.91 Å². The Balaban J connectivity index is 1.22. The van der Waals surface area contributed by atoms with Crippen molar-refractivity contribution in [1.82, 2.24) is 25.4 Å². The number of halogens is 4. The Kier molecular flexibility index (Phi) is 7.25. The molecule has 0 bridgehead atoms. The molecule has 3 heterocycles. The number of carbonyl (C=O) groups excluding carboxylic acids is 1. The molecule has 1 saturated heterocycles. The average molecular weight is 529 g/mol. The summed E-state index contributed by atoms with van der Waals surface area (Å²) in [5, 5.41) is 13.0. The monoisotopic (exact) mass is 528 g/mol. The van der Waals surface area contributed by atoms with Gasteiger partial charge in [-0.25, -0.2) is 9.37 Å². The van der Waals surface area contributed by atoms with E-state index in [-0.39, 0.29) is 23.5 Å². The minimum atomic E-state index is -4.58. The molecule has 1 amide bonds. The van der Waals surface area contributed by atoms with E-state index in [9.17, 15) is 22.4 Å². The third-order valence-corrected chi connectivity index (χ3v) is 6.22. The molecule has 2 aromatic carbocycles. The van der Waals surface area contributed by atoms with Gasteiger partial charge >= 0.3 is 6.18 Å². The Morgan fingerprint density at radius 3 is 2.63 bits per heavy atom. The van der Waals surface area contributed by atoms with E-state index in [4.69, 9.17) is 4.74 Å². The lowest BCUT2D eigenvalue weighted by Crippen LogP contribution is -2.43. The number of fused-ring (bicyclic) bond motifs is 1. The Labute approximate surface area is 215 Å². The maximum Gasteiger partial charge on any atom is 0.416 e. The largest absolute Gasteiger partial charge is 0.481 e. The molecule has 5 rings (SSSR count). The summed E-state index contributed by atoms with van der Waals surface area (Å²) in [6, 6.07) is 9.76. The van der Waals surface area contributed by atoms with E-state index >= 15 is 0 Å². The number of hydrogen-bond acceptors (Lipinski definition) is 6. The van der Waals surface area contributed by atoms with E-state index in [0.717, 1.165) is 24.5 Å². The van der Waals surface area contributed by atoms with Crippen LogP contribution >= 0.6 is 0 Å². The van der Waals surface area contributed by atoms with Crippen molar-refractivity contribution >= 4 is 22.6 Å². The minimum Gasteiger partial charge on any atom is -0.481 e. The molecule has 1 aliphatic heterocycles. The van der Waals surface area contributed by atoms with Gasteiger partial charge in [0.2, 0.25) is 0 Å². The molecule has 0 spiro atoms. The van der Waals surface area contributed by atoms with Gasteiger partial charge in [-0.15, -0.1) is 0 Å².